The molecule has 0 aliphatic heterocycles. The lowest BCUT2D eigenvalue weighted by molar-refractivity contribution is 0.0945. The van der Waals surface area contributed by atoms with Gasteiger partial charge in [0.25, 0.3) is 5.91 Å². The first-order chi connectivity index (χ1) is 13.9. The van der Waals surface area contributed by atoms with E-state index in [-0.39, 0.29) is 11.9 Å². The molecule has 150 valence electrons. The Labute approximate surface area is 172 Å². The largest absolute Gasteiger partial charge is 0.350 e. The van der Waals surface area contributed by atoms with Crippen molar-refractivity contribution in [2.24, 2.45) is 0 Å². The van der Waals surface area contributed by atoms with Crippen LogP contribution in [0.3, 0.4) is 0 Å². The summed E-state index contributed by atoms with van der Waals surface area (Å²) in [5, 5.41) is 2.97. The van der Waals surface area contributed by atoms with Gasteiger partial charge < -0.3 is 10.2 Å². The van der Waals surface area contributed by atoms with Gasteiger partial charge >= 0.3 is 0 Å². The lowest BCUT2D eigenvalue weighted by Gasteiger charge is -2.28. The Balaban J connectivity index is 1.79. The highest BCUT2D eigenvalue weighted by Crippen LogP contribution is 2.19. The van der Waals surface area contributed by atoms with Crippen LogP contribution >= 0.6 is 0 Å². The number of carbonyl (C=O) groups is 1. The van der Waals surface area contributed by atoms with Crippen molar-refractivity contribution in [1.29, 1.82) is 0 Å². The third-order valence-corrected chi connectivity index (χ3v) is 4.71. The van der Waals surface area contributed by atoms with E-state index in [1.54, 1.807) is 6.07 Å². The van der Waals surface area contributed by atoms with Gasteiger partial charge in [-0.1, -0.05) is 60.2 Å². The Morgan fingerprint density at radius 1 is 0.966 bits per heavy atom. The molecule has 0 fully saturated rings. The summed E-state index contributed by atoms with van der Waals surface area (Å²) in [6.45, 7) is 9.30. The number of hydrogen-bond acceptors (Lipinski definition) is 4. The molecule has 0 aliphatic carbocycles. The second kappa shape index (κ2) is 9.32. The van der Waals surface area contributed by atoms with E-state index >= 15 is 0 Å². The average molecular weight is 389 g/mol. The van der Waals surface area contributed by atoms with Crippen molar-refractivity contribution in [2.45, 2.75) is 46.8 Å². The normalized spacial score (nSPS) is 10.8. The van der Waals surface area contributed by atoms with Crippen LogP contribution in [0.15, 0.2) is 60.7 Å². The van der Waals surface area contributed by atoms with Crippen LogP contribution in [0.5, 0.6) is 0 Å². The van der Waals surface area contributed by atoms with Crippen LogP contribution in [0, 0.1) is 13.8 Å². The summed E-state index contributed by atoms with van der Waals surface area (Å²) in [6.07, 6.45) is 0. The maximum atomic E-state index is 12.7. The molecule has 1 heterocycles. The molecule has 0 spiro atoms. The second-order valence-corrected chi connectivity index (χ2v) is 7.54. The molecule has 5 nitrogen and oxygen atoms in total. The molecule has 3 aromatic rings. The first-order valence-corrected chi connectivity index (χ1v) is 9.92. The van der Waals surface area contributed by atoms with Crippen LogP contribution < -0.4 is 10.2 Å². The highest BCUT2D eigenvalue weighted by molar-refractivity contribution is 5.92. The number of aryl methyl sites for hydroxylation is 2. The van der Waals surface area contributed by atoms with Crippen molar-refractivity contribution >= 4 is 11.7 Å². The van der Waals surface area contributed by atoms with Crippen molar-refractivity contribution in [1.82, 2.24) is 15.3 Å². The second-order valence-electron chi connectivity index (χ2n) is 7.54. The molecule has 5 heteroatoms. The van der Waals surface area contributed by atoms with Gasteiger partial charge in [-0.3, -0.25) is 4.79 Å². The Bertz CT molecular complexity index is 970. The minimum atomic E-state index is -0.193. The molecule has 1 aromatic heterocycles. The minimum Gasteiger partial charge on any atom is -0.350 e. The van der Waals surface area contributed by atoms with Gasteiger partial charge in [-0.2, -0.15) is 0 Å². The van der Waals surface area contributed by atoms with Crippen molar-refractivity contribution in [3.8, 4) is 0 Å². The van der Waals surface area contributed by atoms with E-state index in [4.69, 9.17) is 0 Å². The fraction of sp³-hybridized carbons (Fsp3) is 0.292. The predicted octanol–water partition coefficient (Wildman–Crippen LogP) is 4.44. The van der Waals surface area contributed by atoms with Crippen LogP contribution in [-0.2, 0) is 13.1 Å². The summed E-state index contributed by atoms with van der Waals surface area (Å²) in [5.74, 6) is 1.15. The number of benzene rings is 2. The van der Waals surface area contributed by atoms with Gasteiger partial charge in [-0.25, -0.2) is 9.97 Å². The van der Waals surface area contributed by atoms with Crippen LogP contribution in [0.4, 0.5) is 5.82 Å². The molecule has 0 saturated carbocycles. The molecule has 0 bridgehead atoms. The summed E-state index contributed by atoms with van der Waals surface area (Å²) in [6, 6.07) is 20.4. The highest BCUT2D eigenvalue weighted by atomic mass is 16.1. The molecule has 0 saturated heterocycles. The molecular weight excluding hydrogens is 360 g/mol. The zero-order valence-corrected chi connectivity index (χ0v) is 17.5. The van der Waals surface area contributed by atoms with Gasteiger partial charge in [0.15, 0.2) is 0 Å². The quantitative estimate of drug-likeness (QED) is 0.650. The molecule has 1 amide bonds. The number of hydrogen-bond donors (Lipinski definition) is 1. The Morgan fingerprint density at radius 2 is 1.69 bits per heavy atom. The van der Waals surface area contributed by atoms with Crippen molar-refractivity contribution < 1.29 is 4.79 Å². The summed E-state index contributed by atoms with van der Waals surface area (Å²) in [7, 11) is 0. The van der Waals surface area contributed by atoms with Crippen LogP contribution in [0.25, 0.3) is 0 Å². The fourth-order valence-corrected chi connectivity index (χ4v) is 3.22. The first kappa shape index (κ1) is 20.5. The Hall–Kier alpha value is -3.21. The number of nitrogens with one attached hydrogen (secondary N) is 1. The summed E-state index contributed by atoms with van der Waals surface area (Å²) in [5.41, 5.74) is 3.82. The smallest absolute Gasteiger partial charge is 0.270 e. The van der Waals surface area contributed by atoms with Gasteiger partial charge in [0.2, 0.25) is 0 Å². The number of amides is 1. The van der Waals surface area contributed by atoms with E-state index in [2.05, 4.69) is 52.2 Å². The number of anilines is 1. The van der Waals surface area contributed by atoms with Gasteiger partial charge in [-0.15, -0.1) is 0 Å². The number of aromatic nitrogens is 2. The average Bonchev–Trinajstić information content (AvgIpc) is 2.70. The molecule has 0 radical (unpaired) electrons. The molecule has 0 unspecified atom stereocenters. The van der Waals surface area contributed by atoms with Crippen molar-refractivity contribution in [3.63, 3.8) is 0 Å². The van der Waals surface area contributed by atoms with Gasteiger partial charge in [0.1, 0.15) is 17.3 Å². The van der Waals surface area contributed by atoms with Crippen molar-refractivity contribution in [2.75, 3.05) is 4.90 Å². The minimum absolute atomic E-state index is 0.193. The topological polar surface area (TPSA) is 58.1 Å². The molecule has 0 atom stereocenters. The maximum Gasteiger partial charge on any atom is 0.270 e. The monoisotopic (exact) mass is 388 g/mol. The standard InChI is InChI=1S/C24H28N4O/c1-17(2)28(16-20-10-6-5-7-11-20)23-14-22(26-19(4)27-23)24(29)25-15-21-12-8-9-18(3)13-21/h5-14,17H,15-16H2,1-4H3,(H,25,29). The zero-order chi connectivity index (χ0) is 20.8. The fourth-order valence-electron chi connectivity index (χ4n) is 3.22. The third kappa shape index (κ3) is 5.64. The summed E-state index contributed by atoms with van der Waals surface area (Å²) in [4.78, 5) is 23.9. The van der Waals surface area contributed by atoms with E-state index in [1.807, 2.05) is 50.2 Å². The molecule has 2 aromatic carbocycles. The lowest BCUT2D eigenvalue weighted by atomic mass is 10.1. The summed E-state index contributed by atoms with van der Waals surface area (Å²) < 4.78 is 0. The number of nitrogens with zero attached hydrogens (tertiary/aromatic N) is 3. The van der Waals surface area contributed by atoms with Gasteiger partial charge in [-0.05, 0) is 38.8 Å². The van der Waals surface area contributed by atoms with Crippen LogP contribution in [0.2, 0.25) is 0 Å². The Kier molecular flexibility index (Phi) is 6.60. The first-order valence-electron chi connectivity index (χ1n) is 9.92. The van der Waals surface area contributed by atoms with Gasteiger partial charge in [0, 0.05) is 25.2 Å². The maximum absolute atomic E-state index is 12.7. The summed E-state index contributed by atoms with van der Waals surface area (Å²) >= 11 is 0. The third-order valence-electron chi connectivity index (χ3n) is 4.71. The van der Waals surface area contributed by atoms with Crippen LogP contribution in [-0.4, -0.2) is 21.9 Å². The van der Waals surface area contributed by atoms with E-state index in [1.165, 1.54) is 11.1 Å². The van der Waals surface area contributed by atoms with Gasteiger partial charge in [0.05, 0.1) is 0 Å². The highest BCUT2D eigenvalue weighted by Gasteiger charge is 2.17. The molecule has 3 rings (SSSR count). The molecule has 29 heavy (non-hydrogen) atoms. The number of carbonyl (C=O) groups excluding carboxylic acids is 1. The molecule has 1 N–H and O–H groups in total. The van der Waals surface area contributed by atoms with Crippen LogP contribution in [0.1, 0.15) is 46.9 Å². The van der Waals surface area contributed by atoms with Crippen molar-refractivity contribution in [3.05, 3.63) is 88.9 Å². The molecular formula is C24H28N4O. The number of rotatable bonds is 7. The lowest BCUT2D eigenvalue weighted by Crippen LogP contribution is -2.32. The SMILES string of the molecule is Cc1cccc(CNC(=O)c2cc(N(Cc3ccccc3)C(C)C)nc(C)n2)c1. The van der Waals surface area contributed by atoms with E-state index in [0.717, 1.165) is 17.9 Å². The van der Waals surface area contributed by atoms with E-state index in [0.29, 0.717) is 18.1 Å². The van der Waals surface area contributed by atoms with E-state index < -0.39 is 0 Å². The molecule has 0 aliphatic rings. The zero-order valence-electron chi connectivity index (χ0n) is 17.5. The van der Waals surface area contributed by atoms with E-state index in [9.17, 15) is 4.79 Å². The predicted molar refractivity (Wildman–Crippen MR) is 117 cm³/mol. The Morgan fingerprint density at radius 3 is 2.38 bits per heavy atom.